The van der Waals surface area contributed by atoms with Crippen molar-refractivity contribution in [2.45, 2.75) is 13.5 Å². The second-order valence-electron chi connectivity index (χ2n) is 6.10. The predicted octanol–water partition coefficient (Wildman–Crippen LogP) is 5.26. The third-order valence-corrected chi connectivity index (χ3v) is 4.88. The van der Waals surface area contributed by atoms with Crippen molar-refractivity contribution in [2.75, 3.05) is 7.05 Å². The molecule has 0 saturated carbocycles. The van der Waals surface area contributed by atoms with E-state index in [4.69, 9.17) is 0 Å². The highest BCUT2D eigenvalue weighted by atomic mass is 32.1. The molecule has 3 aromatic rings. The summed E-state index contributed by atoms with van der Waals surface area (Å²) in [5.74, 6) is 0.0350. The molecule has 1 amide bonds. The first kappa shape index (κ1) is 17.2. The molecule has 0 saturated heterocycles. The molecule has 0 radical (unpaired) electrons. The summed E-state index contributed by atoms with van der Waals surface area (Å²) in [5.41, 5.74) is 4.09. The third kappa shape index (κ3) is 4.46. The average molecular weight is 347 g/mol. The Labute approximate surface area is 153 Å². The van der Waals surface area contributed by atoms with Gasteiger partial charge in [0.2, 0.25) is 0 Å². The van der Waals surface area contributed by atoms with Gasteiger partial charge in [-0.1, -0.05) is 66.2 Å². The fourth-order valence-electron chi connectivity index (χ4n) is 2.73. The van der Waals surface area contributed by atoms with Gasteiger partial charge in [0.25, 0.3) is 5.91 Å². The van der Waals surface area contributed by atoms with E-state index in [1.807, 2.05) is 73.1 Å². The van der Waals surface area contributed by atoms with E-state index in [9.17, 15) is 4.79 Å². The van der Waals surface area contributed by atoms with E-state index in [0.29, 0.717) is 6.54 Å². The van der Waals surface area contributed by atoms with E-state index in [1.165, 1.54) is 5.56 Å². The summed E-state index contributed by atoms with van der Waals surface area (Å²) >= 11 is 1.59. The molecule has 1 heterocycles. The quantitative estimate of drug-likeness (QED) is 0.577. The zero-order valence-electron chi connectivity index (χ0n) is 14.5. The van der Waals surface area contributed by atoms with Crippen LogP contribution in [0.1, 0.15) is 21.6 Å². The molecular formula is C22H21NOS. The van der Waals surface area contributed by atoms with Crippen molar-refractivity contribution in [1.82, 2.24) is 4.90 Å². The van der Waals surface area contributed by atoms with Crippen molar-refractivity contribution in [3.8, 4) is 0 Å². The van der Waals surface area contributed by atoms with Gasteiger partial charge in [0.1, 0.15) is 0 Å². The normalized spacial score (nSPS) is 11.4. The minimum absolute atomic E-state index is 0.0350. The van der Waals surface area contributed by atoms with Crippen LogP contribution in [0.4, 0.5) is 0 Å². The number of likely N-dealkylation sites (N-methyl/N-ethyl adjacent to an activating group) is 1. The lowest BCUT2D eigenvalue weighted by atomic mass is 10.1. The summed E-state index contributed by atoms with van der Waals surface area (Å²) in [6, 6.07) is 22.2. The smallest absolute Gasteiger partial charge is 0.255 e. The van der Waals surface area contributed by atoms with Crippen LogP contribution >= 0.6 is 11.3 Å². The summed E-state index contributed by atoms with van der Waals surface area (Å²) in [6.07, 6.45) is 1.99. The molecule has 126 valence electrons. The Morgan fingerprint density at radius 2 is 1.84 bits per heavy atom. The lowest BCUT2D eigenvalue weighted by Gasteiger charge is -2.19. The standard InChI is InChI=1S/C22H21NOS/c1-17-8-6-11-19(14-17)15-20(21-12-7-13-25-21)22(24)23(2)16-18-9-4-3-5-10-18/h3-15H,16H2,1-2H3. The topological polar surface area (TPSA) is 20.3 Å². The van der Waals surface area contributed by atoms with Crippen molar-refractivity contribution in [1.29, 1.82) is 0 Å². The number of hydrogen-bond acceptors (Lipinski definition) is 2. The number of carbonyl (C=O) groups excluding carboxylic acids is 1. The first-order valence-corrected chi connectivity index (χ1v) is 9.13. The van der Waals surface area contributed by atoms with Crippen LogP contribution in [0.15, 0.2) is 72.1 Å². The molecule has 3 rings (SSSR count). The summed E-state index contributed by atoms with van der Waals surface area (Å²) in [5, 5.41) is 2.00. The van der Waals surface area contributed by atoms with Crippen molar-refractivity contribution < 1.29 is 4.79 Å². The maximum atomic E-state index is 13.1. The molecule has 0 unspecified atom stereocenters. The molecule has 0 aliphatic carbocycles. The SMILES string of the molecule is Cc1cccc(C=C(C(=O)N(C)Cc2ccccc2)c2cccs2)c1. The number of benzene rings is 2. The lowest BCUT2D eigenvalue weighted by Crippen LogP contribution is -2.26. The van der Waals surface area contributed by atoms with Crippen LogP contribution in [0.5, 0.6) is 0 Å². The van der Waals surface area contributed by atoms with E-state index in [0.717, 1.165) is 21.6 Å². The van der Waals surface area contributed by atoms with Crippen LogP contribution in [0, 0.1) is 6.92 Å². The van der Waals surface area contributed by atoms with Crippen LogP contribution < -0.4 is 0 Å². The highest BCUT2D eigenvalue weighted by Crippen LogP contribution is 2.25. The molecule has 0 atom stereocenters. The predicted molar refractivity (Wildman–Crippen MR) is 106 cm³/mol. The number of rotatable bonds is 5. The summed E-state index contributed by atoms with van der Waals surface area (Å²) in [4.78, 5) is 15.9. The van der Waals surface area contributed by atoms with Gasteiger partial charge in [-0.2, -0.15) is 0 Å². The molecule has 0 aliphatic rings. The molecule has 0 bridgehead atoms. The van der Waals surface area contributed by atoms with Gasteiger partial charge in [-0.25, -0.2) is 0 Å². The van der Waals surface area contributed by atoms with Crippen LogP contribution in [0.3, 0.4) is 0 Å². The van der Waals surface area contributed by atoms with E-state index in [-0.39, 0.29) is 5.91 Å². The Balaban J connectivity index is 1.90. The fourth-order valence-corrected chi connectivity index (χ4v) is 3.47. The molecule has 2 aromatic carbocycles. The number of thiophene rings is 1. The minimum atomic E-state index is 0.0350. The number of amides is 1. The van der Waals surface area contributed by atoms with E-state index in [1.54, 1.807) is 16.2 Å². The molecule has 0 fully saturated rings. The molecule has 3 heteroatoms. The fraction of sp³-hybridized carbons (Fsp3) is 0.136. The van der Waals surface area contributed by atoms with Gasteiger partial charge in [0, 0.05) is 18.5 Å². The van der Waals surface area contributed by atoms with Crippen LogP contribution in [-0.4, -0.2) is 17.9 Å². The van der Waals surface area contributed by atoms with Crippen LogP contribution in [-0.2, 0) is 11.3 Å². The third-order valence-electron chi connectivity index (χ3n) is 3.98. The summed E-state index contributed by atoms with van der Waals surface area (Å²) in [6.45, 7) is 2.65. The van der Waals surface area contributed by atoms with Gasteiger partial charge in [-0.3, -0.25) is 4.79 Å². The summed E-state index contributed by atoms with van der Waals surface area (Å²) < 4.78 is 0. The first-order valence-electron chi connectivity index (χ1n) is 8.25. The maximum Gasteiger partial charge on any atom is 0.255 e. The summed E-state index contributed by atoms with van der Waals surface area (Å²) in [7, 11) is 1.85. The second-order valence-corrected chi connectivity index (χ2v) is 7.04. The zero-order chi connectivity index (χ0) is 17.6. The maximum absolute atomic E-state index is 13.1. The van der Waals surface area contributed by atoms with Crippen LogP contribution in [0.25, 0.3) is 11.6 Å². The Bertz CT molecular complexity index is 866. The average Bonchev–Trinajstić information content (AvgIpc) is 3.14. The first-order chi connectivity index (χ1) is 12.1. The Morgan fingerprint density at radius 1 is 1.04 bits per heavy atom. The molecule has 25 heavy (non-hydrogen) atoms. The molecule has 0 aliphatic heterocycles. The molecule has 0 spiro atoms. The number of nitrogens with zero attached hydrogens (tertiary/aromatic N) is 1. The minimum Gasteiger partial charge on any atom is -0.337 e. The van der Waals surface area contributed by atoms with Gasteiger partial charge >= 0.3 is 0 Å². The molecule has 0 N–H and O–H groups in total. The second kappa shape index (κ2) is 7.95. The van der Waals surface area contributed by atoms with Crippen LogP contribution in [0.2, 0.25) is 0 Å². The molecule has 1 aromatic heterocycles. The largest absolute Gasteiger partial charge is 0.337 e. The van der Waals surface area contributed by atoms with E-state index >= 15 is 0 Å². The van der Waals surface area contributed by atoms with Crippen molar-refractivity contribution in [3.05, 3.63) is 93.7 Å². The zero-order valence-corrected chi connectivity index (χ0v) is 15.3. The Kier molecular flexibility index (Phi) is 5.46. The molecule has 2 nitrogen and oxygen atoms in total. The Morgan fingerprint density at radius 3 is 2.52 bits per heavy atom. The van der Waals surface area contributed by atoms with Crippen molar-refractivity contribution in [3.63, 3.8) is 0 Å². The van der Waals surface area contributed by atoms with Gasteiger partial charge in [0.05, 0.1) is 5.57 Å². The van der Waals surface area contributed by atoms with E-state index < -0.39 is 0 Å². The highest BCUT2D eigenvalue weighted by molar-refractivity contribution is 7.11. The number of carbonyl (C=O) groups is 1. The monoisotopic (exact) mass is 347 g/mol. The Hall–Kier alpha value is -2.65. The highest BCUT2D eigenvalue weighted by Gasteiger charge is 2.18. The van der Waals surface area contributed by atoms with Gasteiger partial charge in [0.15, 0.2) is 0 Å². The van der Waals surface area contributed by atoms with Crippen molar-refractivity contribution >= 4 is 28.9 Å². The van der Waals surface area contributed by atoms with Gasteiger partial charge in [-0.05, 0) is 35.6 Å². The lowest BCUT2D eigenvalue weighted by molar-refractivity contribution is -0.124. The number of hydrogen-bond donors (Lipinski definition) is 0. The van der Waals surface area contributed by atoms with Gasteiger partial charge in [-0.15, -0.1) is 11.3 Å². The van der Waals surface area contributed by atoms with Gasteiger partial charge < -0.3 is 4.90 Å². The number of aryl methyl sites for hydroxylation is 1. The van der Waals surface area contributed by atoms with Crippen molar-refractivity contribution in [2.24, 2.45) is 0 Å². The van der Waals surface area contributed by atoms with E-state index in [2.05, 4.69) is 19.1 Å². The molecular weight excluding hydrogens is 326 g/mol.